The summed E-state index contributed by atoms with van der Waals surface area (Å²) >= 11 is 0. The summed E-state index contributed by atoms with van der Waals surface area (Å²) in [6.07, 6.45) is 1.86. The van der Waals surface area contributed by atoms with E-state index in [1.54, 1.807) is 0 Å². The van der Waals surface area contributed by atoms with E-state index in [-0.39, 0.29) is 0 Å². The van der Waals surface area contributed by atoms with Gasteiger partial charge in [0.15, 0.2) is 0 Å². The smallest absolute Gasteiger partial charge is 0.0872 e. The zero-order valence-electron chi connectivity index (χ0n) is 5.80. The van der Waals surface area contributed by atoms with Crippen LogP contribution in [0.1, 0.15) is 6.92 Å². The van der Waals surface area contributed by atoms with Crippen LogP contribution in [0.5, 0.6) is 0 Å². The summed E-state index contributed by atoms with van der Waals surface area (Å²) in [5.74, 6) is 0. The van der Waals surface area contributed by atoms with Crippen LogP contribution in [0.3, 0.4) is 0 Å². The highest BCUT2D eigenvalue weighted by molar-refractivity contribution is 4.93. The maximum atomic E-state index is 9.23. The van der Waals surface area contributed by atoms with Crippen LogP contribution < -0.4 is 0 Å². The van der Waals surface area contributed by atoms with Crippen LogP contribution in [0.15, 0.2) is 12.7 Å². The van der Waals surface area contributed by atoms with Gasteiger partial charge < -0.3 is 5.11 Å². The van der Waals surface area contributed by atoms with Crippen molar-refractivity contribution in [2.24, 2.45) is 0 Å². The molecule has 0 atom stereocenters. The first kappa shape index (κ1) is 6.78. The van der Waals surface area contributed by atoms with Gasteiger partial charge in [-0.3, -0.25) is 4.90 Å². The molecule has 1 rings (SSSR count). The molecule has 0 aromatic heterocycles. The van der Waals surface area contributed by atoms with E-state index in [4.69, 9.17) is 0 Å². The van der Waals surface area contributed by atoms with Crippen molar-refractivity contribution in [1.29, 1.82) is 0 Å². The molecular formula is C7H13NO. The van der Waals surface area contributed by atoms with Crippen molar-refractivity contribution in [2.45, 2.75) is 12.5 Å². The van der Waals surface area contributed by atoms with Crippen LogP contribution in [0, 0.1) is 0 Å². The molecule has 9 heavy (non-hydrogen) atoms. The van der Waals surface area contributed by atoms with Gasteiger partial charge in [-0.1, -0.05) is 6.08 Å². The Labute approximate surface area is 55.8 Å². The Morgan fingerprint density at radius 3 is 2.67 bits per heavy atom. The minimum absolute atomic E-state index is 0.428. The summed E-state index contributed by atoms with van der Waals surface area (Å²) < 4.78 is 0. The van der Waals surface area contributed by atoms with Crippen molar-refractivity contribution in [3.05, 3.63) is 12.7 Å². The van der Waals surface area contributed by atoms with Crippen LogP contribution in [0.25, 0.3) is 0 Å². The molecule has 1 aliphatic rings. The number of hydrogen-bond acceptors (Lipinski definition) is 2. The molecule has 0 unspecified atom stereocenters. The summed E-state index contributed by atoms with van der Waals surface area (Å²) in [5.41, 5.74) is -0.428. The average molecular weight is 127 g/mol. The van der Waals surface area contributed by atoms with E-state index in [1.807, 2.05) is 13.0 Å². The molecular weight excluding hydrogens is 114 g/mol. The van der Waals surface area contributed by atoms with Crippen molar-refractivity contribution in [1.82, 2.24) is 4.90 Å². The van der Waals surface area contributed by atoms with Gasteiger partial charge in [0.1, 0.15) is 0 Å². The number of nitrogens with zero attached hydrogens (tertiary/aromatic N) is 1. The zero-order chi connectivity index (χ0) is 6.91. The monoisotopic (exact) mass is 127 g/mol. The molecule has 0 aromatic rings. The van der Waals surface area contributed by atoms with Gasteiger partial charge in [-0.15, -0.1) is 6.58 Å². The van der Waals surface area contributed by atoms with Gasteiger partial charge in [-0.05, 0) is 6.92 Å². The second-order valence-corrected chi connectivity index (χ2v) is 2.96. The number of hydrogen-bond donors (Lipinski definition) is 1. The van der Waals surface area contributed by atoms with E-state index in [0.29, 0.717) is 0 Å². The Hall–Kier alpha value is -0.340. The van der Waals surface area contributed by atoms with Crippen molar-refractivity contribution < 1.29 is 5.11 Å². The molecule has 1 heterocycles. The lowest BCUT2D eigenvalue weighted by molar-refractivity contribution is -0.0777. The second kappa shape index (κ2) is 2.12. The van der Waals surface area contributed by atoms with Gasteiger partial charge in [0, 0.05) is 19.6 Å². The Morgan fingerprint density at radius 2 is 2.33 bits per heavy atom. The van der Waals surface area contributed by atoms with E-state index in [1.165, 1.54) is 0 Å². The van der Waals surface area contributed by atoms with E-state index >= 15 is 0 Å². The van der Waals surface area contributed by atoms with Gasteiger partial charge in [0.05, 0.1) is 5.60 Å². The standard InChI is InChI=1S/C7H13NO/c1-3-4-8-5-7(2,9)6-8/h3,9H,1,4-6H2,2H3. The first-order valence-corrected chi connectivity index (χ1v) is 3.20. The normalized spacial score (nSPS) is 25.1. The fraction of sp³-hybridized carbons (Fsp3) is 0.714. The highest BCUT2D eigenvalue weighted by atomic mass is 16.3. The maximum Gasteiger partial charge on any atom is 0.0872 e. The predicted octanol–water partition coefficient (Wildman–Crippen LogP) is 0.239. The molecule has 0 bridgehead atoms. The van der Waals surface area contributed by atoms with Crippen molar-refractivity contribution in [3.63, 3.8) is 0 Å². The van der Waals surface area contributed by atoms with Crippen molar-refractivity contribution >= 4 is 0 Å². The third-order valence-electron chi connectivity index (χ3n) is 1.52. The summed E-state index contributed by atoms with van der Waals surface area (Å²) in [5, 5.41) is 9.23. The summed E-state index contributed by atoms with van der Waals surface area (Å²) in [4.78, 5) is 2.15. The first-order chi connectivity index (χ1) is 4.14. The second-order valence-electron chi connectivity index (χ2n) is 2.96. The van der Waals surface area contributed by atoms with Crippen molar-refractivity contribution in [3.8, 4) is 0 Å². The van der Waals surface area contributed by atoms with Gasteiger partial charge in [0.2, 0.25) is 0 Å². The van der Waals surface area contributed by atoms with Crippen LogP contribution in [-0.2, 0) is 0 Å². The van der Waals surface area contributed by atoms with E-state index < -0.39 is 5.60 Å². The van der Waals surface area contributed by atoms with E-state index in [9.17, 15) is 5.11 Å². The van der Waals surface area contributed by atoms with E-state index in [2.05, 4.69) is 11.5 Å². The largest absolute Gasteiger partial charge is 0.388 e. The molecule has 0 spiro atoms. The van der Waals surface area contributed by atoms with Crippen LogP contribution in [0.2, 0.25) is 0 Å². The fourth-order valence-corrected chi connectivity index (χ4v) is 1.23. The molecule has 52 valence electrons. The molecule has 2 heteroatoms. The number of β-amino-alcohol motifs (C(OH)–C–C–N with tert-alkyl or cyclic N) is 1. The minimum atomic E-state index is -0.428. The molecule has 0 aromatic carbocycles. The lowest BCUT2D eigenvalue weighted by Gasteiger charge is -2.43. The highest BCUT2D eigenvalue weighted by Gasteiger charge is 2.35. The predicted molar refractivity (Wildman–Crippen MR) is 37.3 cm³/mol. The fourth-order valence-electron chi connectivity index (χ4n) is 1.23. The van der Waals surface area contributed by atoms with Crippen LogP contribution in [0.4, 0.5) is 0 Å². The first-order valence-electron chi connectivity index (χ1n) is 3.20. The third-order valence-corrected chi connectivity index (χ3v) is 1.52. The Balaban J connectivity index is 2.19. The van der Waals surface area contributed by atoms with Gasteiger partial charge in [-0.25, -0.2) is 0 Å². The Bertz CT molecular complexity index is 112. The van der Waals surface area contributed by atoms with Crippen LogP contribution in [-0.4, -0.2) is 35.2 Å². The lowest BCUT2D eigenvalue weighted by Crippen LogP contribution is -2.59. The topological polar surface area (TPSA) is 23.5 Å². The van der Waals surface area contributed by atoms with Crippen molar-refractivity contribution in [2.75, 3.05) is 19.6 Å². The molecule has 1 fully saturated rings. The molecule has 0 radical (unpaired) electrons. The quantitative estimate of drug-likeness (QED) is 0.537. The molecule has 0 aliphatic carbocycles. The van der Waals surface area contributed by atoms with Gasteiger partial charge in [0.25, 0.3) is 0 Å². The van der Waals surface area contributed by atoms with E-state index in [0.717, 1.165) is 19.6 Å². The zero-order valence-corrected chi connectivity index (χ0v) is 5.80. The molecule has 1 saturated heterocycles. The number of aliphatic hydroxyl groups is 1. The molecule has 0 amide bonds. The third kappa shape index (κ3) is 1.53. The molecule has 1 aliphatic heterocycles. The number of likely N-dealkylation sites (tertiary alicyclic amines) is 1. The van der Waals surface area contributed by atoms with Crippen LogP contribution >= 0.6 is 0 Å². The SMILES string of the molecule is C=CCN1CC(C)(O)C1. The minimum Gasteiger partial charge on any atom is -0.388 e. The average Bonchev–Trinajstić information content (AvgIpc) is 1.62. The lowest BCUT2D eigenvalue weighted by atomic mass is 9.97. The molecule has 2 nitrogen and oxygen atoms in total. The molecule has 1 N–H and O–H groups in total. The van der Waals surface area contributed by atoms with Gasteiger partial charge in [-0.2, -0.15) is 0 Å². The summed E-state index contributed by atoms with van der Waals surface area (Å²) in [7, 11) is 0. The van der Waals surface area contributed by atoms with Gasteiger partial charge >= 0.3 is 0 Å². The Kier molecular flexibility index (Phi) is 1.60. The Morgan fingerprint density at radius 1 is 1.78 bits per heavy atom. The summed E-state index contributed by atoms with van der Waals surface area (Å²) in [6.45, 7) is 7.94. The highest BCUT2D eigenvalue weighted by Crippen LogP contribution is 2.18. The number of rotatable bonds is 2. The molecule has 0 saturated carbocycles. The maximum absolute atomic E-state index is 9.23. The summed E-state index contributed by atoms with van der Waals surface area (Å²) in [6, 6.07) is 0.